The number of carbonyl (C=O) groups is 1. The lowest BCUT2D eigenvalue weighted by molar-refractivity contribution is 0.0865. The van der Waals surface area contributed by atoms with Gasteiger partial charge in [-0.1, -0.05) is 24.3 Å². The number of fused-ring (bicyclic) bond motifs is 1. The maximum absolute atomic E-state index is 13.9. The van der Waals surface area contributed by atoms with Gasteiger partial charge in [0.15, 0.2) is 0 Å². The van der Waals surface area contributed by atoms with Crippen molar-refractivity contribution in [3.63, 3.8) is 0 Å². The van der Waals surface area contributed by atoms with Gasteiger partial charge in [-0.15, -0.1) is 0 Å². The van der Waals surface area contributed by atoms with Crippen molar-refractivity contribution in [3.05, 3.63) is 59.9 Å². The highest BCUT2D eigenvalue weighted by atomic mass is 32.2. The van der Waals surface area contributed by atoms with Crippen LogP contribution in [-0.4, -0.2) is 37.4 Å². The number of halogens is 1. The number of rotatable bonds is 2. The summed E-state index contributed by atoms with van der Waals surface area (Å²) in [5.41, 5.74) is 0.619. The Morgan fingerprint density at radius 1 is 0.962 bits per heavy atom. The minimum absolute atomic E-state index is 0.176. The molecule has 0 aliphatic carbocycles. The second-order valence-electron chi connectivity index (χ2n) is 6.54. The average Bonchev–Trinajstić information content (AvgIpc) is 2.62. The fourth-order valence-corrected chi connectivity index (χ4v) is 5.02. The Bertz CT molecular complexity index is 969. The van der Waals surface area contributed by atoms with Gasteiger partial charge in [0.05, 0.1) is 5.56 Å². The topological polar surface area (TPSA) is 78.5 Å². The van der Waals surface area contributed by atoms with Crippen molar-refractivity contribution in [3.8, 4) is 0 Å². The second-order valence-corrected chi connectivity index (χ2v) is 8.45. The fourth-order valence-electron chi connectivity index (χ4n) is 3.52. The van der Waals surface area contributed by atoms with Gasteiger partial charge in [-0.25, -0.2) is 12.8 Å². The first-order chi connectivity index (χ1) is 12.4. The summed E-state index contributed by atoms with van der Waals surface area (Å²) in [4.78, 5) is 12.1. The average molecular weight is 375 g/mol. The first-order valence-corrected chi connectivity index (χ1v) is 9.80. The number of amides is 1. The Morgan fingerprint density at radius 2 is 1.62 bits per heavy atom. The number of sulfonamides is 1. The summed E-state index contributed by atoms with van der Waals surface area (Å²) in [6, 6.07) is 12.6. The van der Waals surface area contributed by atoms with Crippen molar-refractivity contribution in [2.45, 2.75) is 23.4 Å². The molecule has 0 atom stereocenters. The minimum Gasteiger partial charge on any atom is -0.362 e. The van der Waals surface area contributed by atoms with Crippen molar-refractivity contribution in [1.82, 2.24) is 9.62 Å². The van der Waals surface area contributed by atoms with E-state index in [9.17, 15) is 17.6 Å². The summed E-state index contributed by atoms with van der Waals surface area (Å²) in [5, 5.41) is 6.30. The molecule has 0 radical (unpaired) electrons. The molecule has 2 aliphatic heterocycles. The Kier molecular flexibility index (Phi) is 3.96. The van der Waals surface area contributed by atoms with E-state index in [2.05, 4.69) is 10.6 Å². The third-order valence-corrected chi connectivity index (χ3v) is 6.86. The Hall–Kier alpha value is -2.45. The van der Waals surface area contributed by atoms with E-state index in [0.717, 1.165) is 11.8 Å². The van der Waals surface area contributed by atoms with Gasteiger partial charge in [-0.05, 0) is 24.3 Å². The number of piperidine rings is 1. The number of nitrogens with zero attached hydrogens (tertiary/aromatic N) is 1. The lowest BCUT2D eigenvalue weighted by atomic mass is 9.93. The van der Waals surface area contributed by atoms with Crippen molar-refractivity contribution >= 4 is 21.6 Å². The molecule has 0 bridgehead atoms. The summed E-state index contributed by atoms with van der Waals surface area (Å²) in [5.74, 6) is -0.935. The van der Waals surface area contributed by atoms with E-state index >= 15 is 0 Å². The van der Waals surface area contributed by atoms with Crippen LogP contribution < -0.4 is 10.6 Å². The van der Waals surface area contributed by atoms with Crippen molar-refractivity contribution in [2.24, 2.45) is 0 Å². The zero-order chi connectivity index (χ0) is 18.4. The molecule has 6 nitrogen and oxygen atoms in total. The Morgan fingerprint density at radius 3 is 2.35 bits per heavy atom. The highest BCUT2D eigenvalue weighted by molar-refractivity contribution is 7.89. The standard InChI is InChI=1S/C18H18FN3O3S/c19-14-6-2-4-8-16(14)26(24,25)22-11-9-18(10-12-22)20-15-7-3-1-5-13(15)17(23)21-18/h1-8,20H,9-12H2,(H,21,23). The lowest BCUT2D eigenvalue weighted by Gasteiger charge is -2.45. The first kappa shape index (κ1) is 17.0. The molecule has 2 aromatic rings. The molecule has 0 saturated carbocycles. The van der Waals surface area contributed by atoms with E-state index in [1.165, 1.54) is 22.5 Å². The van der Waals surface area contributed by atoms with Gasteiger partial charge in [-0.2, -0.15) is 4.31 Å². The summed E-state index contributed by atoms with van der Waals surface area (Å²) in [6.45, 7) is 0.373. The molecular weight excluding hydrogens is 357 g/mol. The van der Waals surface area contributed by atoms with Gasteiger partial charge in [0.25, 0.3) is 5.91 Å². The van der Waals surface area contributed by atoms with Crippen molar-refractivity contribution < 1.29 is 17.6 Å². The maximum Gasteiger partial charge on any atom is 0.255 e. The largest absolute Gasteiger partial charge is 0.362 e. The summed E-state index contributed by atoms with van der Waals surface area (Å²) in [6.07, 6.45) is 0.779. The zero-order valence-corrected chi connectivity index (χ0v) is 14.7. The number of anilines is 1. The molecule has 1 spiro atoms. The first-order valence-electron chi connectivity index (χ1n) is 8.36. The highest BCUT2D eigenvalue weighted by Crippen LogP contribution is 2.33. The summed E-state index contributed by atoms with van der Waals surface area (Å²) < 4.78 is 40.6. The number of benzene rings is 2. The number of nitrogens with one attached hydrogen (secondary N) is 2. The molecule has 1 fully saturated rings. The second kappa shape index (κ2) is 6.07. The van der Waals surface area contributed by atoms with E-state index in [1.807, 2.05) is 12.1 Å². The molecule has 1 saturated heterocycles. The smallest absolute Gasteiger partial charge is 0.255 e. The van der Waals surface area contributed by atoms with Gasteiger partial charge in [0.2, 0.25) is 10.0 Å². The Balaban J connectivity index is 1.55. The van der Waals surface area contributed by atoms with Gasteiger partial charge >= 0.3 is 0 Å². The van der Waals surface area contributed by atoms with Crippen LogP contribution in [0.1, 0.15) is 23.2 Å². The van der Waals surface area contributed by atoms with E-state index < -0.39 is 21.5 Å². The number of para-hydroxylation sites is 1. The van der Waals surface area contributed by atoms with Crippen molar-refractivity contribution in [1.29, 1.82) is 0 Å². The SMILES string of the molecule is O=C1NC2(CCN(S(=O)(=O)c3ccccc3F)CC2)Nc2ccccc21. The molecule has 0 aromatic heterocycles. The predicted octanol–water partition coefficient (Wildman–Crippen LogP) is 2.16. The van der Waals surface area contributed by atoms with E-state index in [0.29, 0.717) is 18.4 Å². The van der Waals surface area contributed by atoms with Crippen LogP contribution in [-0.2, 0) is 10.0 Å². The van der Waals surface area contributed by atoms with Gasteiger partial charge in [-0.3, -0.25) is 4.79 Å². The monoisotopic (exact) mass is 375 g/mol. The molecule has 2 heterocycles. The zero-order valence-electron chi connectivity index (χ0n) is 13.9. The summed E-state index contributed by atoms with van der Waals surface area (Å²) in [7, 11) is -3.90. The van der Waals surface area contributed by atoms with Gasteiger partial charge < -0.3 is 10.6 Å². The quantitative estimate of drug-likeness (QED) is 0.843. The van der Waals surface area contributed by atoms with Crippen LogP contribution in [0.15, 0.2) is 53.4 Å². The van der Waals surface area contributed by atoms with Crippen LogP contribution in [0.25, 0.3) is 0 Å². The van der Waals surface area contributed by atoms with Crippen LogP contribution in [0.5, 0.6) is 0 Å². The van der Waals surface area contributed by atoms with Gasteiger partial charge in [0, 0.05) is 31.6 Å². The molecule has 2 aliphatic rings. The third kappa shape index (κ3) is 2.75. The van der Waals surface area contributed by atoms with E-state index in [-0.39, 0.29) is 23.9 Å². The molecule has 4 rings (SSSR count). The fraction of sp³-hybridized carbons (Fsp3) is 0.278. The van der Waals surface area contributed by atoms with Crippen molar-refractivity contribution in [2.75, 3.05) is 18.4 Å². The minimum atomic E-state index is -3.90. The molecule has 26 heavy (non-hydrogen) atoms. The third-order valence-electron chi connectivity index (χ3n) is 4.93. The maximum atomic E-state index is 13.9. The van der Waals surface area contributed by atoms with Gasteiger partial charge in [0.1, 0.15) is 16.4 Å². The molecule has 2 N–H and O–H groups in total. The van der Waals surface area contributed by atoms with Crippen LogP contribution >= 0.6 is 0 Å². The van der Waals surface area contributed by atoms with Crippen LogP contribution in [0.2, 0.25) is 0 Å². The van der Waals surface area contributed by atoms with Crippen LogP contribution in [0, 0.1) is 5.82 Å². The van der Waals surface area contributed by atoms with E-state index in [1.54, 1.807) is 12.1 Å². The lowest BCUT2D eigenvalue weighted by Crippen LogP contribution is -2.62. The summed E-state index contributed by atoms with van der Waals surface area (Å²) >= 11 is 0. The van der Waals surface area contributed by atoms with Crippen LogP contribution in [0.4, 0.5) is 10.1 Å². The Labute approximate surface area is 151 Å². The normalized spacial score (nSPS) is 19.5. The van der Waals surface area contributed by atoms with Crippen LogP contribution in [0.3, 0.4) is 0 Å². The molecule has 1 amide bonds. The number of carbonyl (C=O) groups excluding carboxylic acids is 1. The molecule has 0 unspecified atom stereocenters. The molecular formula is C18H18FN3O3S. The predicted molar refractivity (Wildman–Crippen MR) is 94.7 cm³/mol. The number of hydrogen-bond acceptors (Lipinski definition) is 4. The van der Waals surface area contributed by atoms with E-state index in [4.69, 9.17) is 0 Å². The number of hydrogen-bond donors (Lipinski definition) is 2. The highest BCUT2D eigenvalue weighted by Gasteiger charge is 2.42. The molecule has 2 aromatic carbocycles. The molecule has 136 valence electrons. The molecule has 8 heteroatoms.